The Labute approximate surface area is 117 Å². The summed E-state index contributed by atoms with van der Waals surface area (Å²) in [5.74, 6) is -1.20. The molecule has 2 N–H and O–H groups in total. The first-order valence-electron chi connectivity index (χ1n) is 6.66. The van der Waals surface area contributed by atoms with E-state index in [-0.39, 0.29) is 29.5 Å². The van der Waals surface area contributed by atoms with Crippen molar-refractivity contribution in [2.45, 2.75) is 38.3 Å². The number of carboxylic acids is 1. The molecule has 0 bridgehead atoms. The quantitative estimate of drug-likeness (QED) is 0.876. The monoisotopic (exact) mass is 277 g/mol. The summed E-state index contributed by atoms with van der Waals surface area (Å²) >= 11 is 0. The number of carboxylic acid groups (broad SMARTS) is 1. The van der Waals surface area contributed by atoms with Gasteiger partial charge in [-0.1, -0.05) is 18.2 Å². The Morgan fingerprint density at radius 3 is 2.75 bits per heavy atom. The van der Waals surface area contributed by atoms with E-state index in [9.17, 15) is 9.59 Å². The van der Waals surface area contributed by atoms with E-state index >= 15 is 0 Å². The van der Waals surface area contributed by atoms with Crippen LogP contribution in [0.1, 0.15) is 36.2 Å². The van der Waals surface area contributed by atoms with E-state index in [0.29, 0.717) is 12.2 Å². The minimum absolute atomic E-state index is 0.0406. The number of rotatable bonds is 4. The van der Waals surface area contributed by atoms with E-state index in [1.807, 2.05) is 13.8 Å². The number of amides is 1. The summed E-state index contributed by atoms with van der Waals surface area (Å²) in [7, 11) is 0. The first-order chi connectivity index (χ1) is 9.42. The lowest BCUT2D eigenvalue weighted by Gasteiger charge is -2.29. The highest BCUT2D eigenvalue weighted by Gasteiger charge is 2.38. The van der Waals surface area contributed by atoms with Crippen LogP contribution in [0.3, 0.4) is 0 Å². The Kier molecular flexibility index (Phi) is 4.09. The third-order valence-corrected chi connectivity index (χ3v) is 3.91. The second kappa shape index (κ2) is 5.63. The molecule has 2 atom stereocenters. The van der Waals surface area contributed by atoms with E-state index in [0.717, 1.165) is 6.42 Å². The standard InChI is InChI=1S/C15H19NO4/c1-10-15(2,7-8-20-10)16-13(17)9-11-5-3-4-6-12(11)14(18)19/h3-6,10H,7-9H2,1-2H3,(H,16,17)(H,18,19). The second-order valence-electron chi connectivity index (χ2n) is 5.37. The lowest BCUT2D eigenvalue weighted by Crippen LogP contribution is -2.51. The van der Waals surface area contributed by atoms with Crippen molar-refractivity contribution in [1.82, 2.24) is 5.32 Å². The van der Waals surface area contributed by atoms with Crippen LogP contribution in [-0.2, 0) is 16.0 Å². The van der Waals surface area contributed by atoms with Crippen molar-refractivity contribution in [2.75, 3.05) is 6.61 Å². The molecule has 1 saturated heterocycles. The predicted molar refractivity (Wildman–Crippen MR) is 73.7 cm³/mol. The molecule has 5 heteroatoms. The third kappa shape index (κ3) is 2.99. The summed E-state index contributed by atoms with van der Waals surface area (Å²) in [4.78, 5) is 23.2. The van der Waals surface area contributed by atoms with Crippen molar-refractivity contribution < 1.29 is 19.4 Å². The highest BCUT2D eigenvalue weighted by molar-refractivity contribution is 5.91. The van der Waals surface area contributed by atoms with Gasteiger partial charge in [-0.2, -0.15) is 0 Å². The van der Waals surface area contributed by atoms with Crippen LogP contribution in [-0.4, -0.2) is 35.2 Å². The lowest BCUT2D eigenvalue weighted by atomic mass is 9.94. The van der Waals surface area contributed by atoms with E-state index in [1.165, 1.54) is 6.07 Å². The maximum atomic E-state index is 12.1. The molecular formula is C15H19NO4. The summed E-state index contributed by atoms with van der Waals surface area (Å²) in [5.41, 5.74) is 0.311. The van der Waals surface area contributed by atoms with E-state index < -0.39 is 5.97 Å². The van der Waals surface area contributed by atoms with Gasteiger partial charge in [-0.15, -0.1) is 0 Å². The molecule has 0 aliphatic carbocycles. The van der Waals surface area contributed by atoms with Crippen molar-refractivity contribution in [3.63, 3.8) is 0 Å². The van der Waals surface area contributed by atoms with Gasteiger partial charge in [0.2, 0.25) is 5.91 Å². The molecule has 1 aromatic carbocycles. The molecule has 2 rings (SSSR count). The van der Waals surface area contributed by atoms with Gasteiger partial charge in [0, 0.05) is 6.61 Å². The second-order valence-corrected chi connectivity index (χ2v) is 5.37. The Morgan fingerprint density at radius 2 is 2.15 bits per heavy atom. The lowest BCUT2D eigenvalue weighted by molar-refractivity contribution is -0.122. The van der Waals surface area contributed by atoms with Crippen molar-refractivity contribution in [1.29, 1.82) is 0 Å². The molecule has 2 unspecified atom stereocenters. The minimum Gasteiger partial charge on any atom is -0.478 e. The normalized spacial score (nSPS) is 25.4. The van der Waals surface area contributed by atoms with Crippen LogP contribution in [0.5, 0.6) is 0 Å². The maximum Gasteiger partial charge on any atom is 0.335 e. The molecule has 0 radical (unpaired) electrons. The van der Waals surface area contributed by atoms with Crippen LogP contribution in [0.4, 0.5) is 0 Å². The number of hydrogen-bond acceptors (Lipinski definition) is 3. The summed E-state index contributed by atoms with van der Waals surface area (Å²) in [6.45, 7) is 4.51. The summed E-state index contributed by atoms with van der Waals surface area (Å²) < 4.78 is 5.47. The van der Waals surface area contributed by atoms with E-state index in [4.69, 9.17) is 9.84 Å². The number of carbonyl (C=O) groups excluding carboxylic acids is 1. The molecule has 0 spiro atoms. The molecule has 5 nitrogen and oxygen atoms in total. The molecule has 1 amide bonds. The third-order valence-electron chi connectivity index (χ3n) is 3.91. The molecule has 20 heavy (non-hydrogen) atoms. The number of benzene rings is 1. The Hall–Kier alpha value is -1.88. The molecule has 1 fully saturated rings. The first-order valence-corrected chi connectivity index (χ1v) is 6.66. The molecule has 0 aromatic heterocycles. The number of carbonyl (C=O) groups is 2. The van der Waals surface area contributed by atoms with Crippen LogP contribution >= 0.6 is 0 Å². The average molecular weight is 277 g/mol. The van der Waals surface area contributed by atoms with Crippen LogP contribution in [0.2, 0.25) is 0 Å². The van der Waals surface area contributed by atoms with Gasteiger partial charge < -0.3 is 15.2 Å². The van der Waals surface area contributed by atoms with Gasteiger partial charge in [0.1, 0.15) is 0 Å². The Morgan fingerprint density at radius 1 is 1.45 bits per heavy atom. The van der Waals surface area contributed by atoms with Gasteiger partial charge in [-0.05, 0) is 31.9 Å². The van der Waals surface area contributed by atoms with E-state index in [2.05, 4.69) is 5.32 Å². The van der Waals surface area contributed by atoms with Crippen molar-refractivity contribution in [3.8, 4) is 0 Å². The van der Waals surface area contributed by atoms with Crippen molar-refractivity contribution in [3.05, 3.63) is 35.4 Å². The highest BCUT2D eigenvalue weighted by atomic mass is 16.5. The summed E-state index contributed by atoms with van der Waals surface area (Å²) in [5, 5.41) is 12.1. The fraction of sp³-hybridized carbons (Fsp3) is 0.467. The Balaban J connectivity index is 2.07. The first kappa shape index (κ1) is 14.5. The van der Waals surface area contributed by atoms with Crippen LogP contribution in [0, 0.1) is 0 Å². The summed E-state index contributed by atoms with van der Waals surface area (Å²) in [6.07, 6.45) is 0.784. The topological polar surface area (TPSA) is 75.6 Å². The maximum absolute atomic E-state index is 12.1. The Bertz CT molecular complexity index is 528. The zero-order chi connectivity index (χ0) is 14.8. The fourth-order valence-corrected chi connectivity index (χ4v) is 2.42. The van der Waals surface area contributed by atoms with Crippen molar-refractivity contribution >= 4 is 11.9 Å². The molecule has 1 aliphatic rings. The smallest absolute Gasteiger partial charge is 0.335 e. The number of ether oxygens (including phenoxy) is 1. The molecule has 108 valence electrons. The minimum atomic E-state index is -1.02. The van der Waals surface area contributed by atoms with Gasteiger partial charge in [0.05, 0.1) is 23.6 Å². The van der Waals surface area contributed by atoms with Crippen molar-refractivity contribution in [2.24, 2.45) is 0 Å². The van der Waals surface area contributed by atoms with Crippen LogP contribution < -0.4 is 5.32 Å². The zero-order valence-electron chi connectivity index (χ0n) is 11.7. The van der Waals surface area contributed by atoms with Gasteiger partial charge in [0.15, 0.2) is 0 Å². The zero-order valence-corrected chi connectivity index (χ0v) is 11.7. The molecule has 1 heterocycles. The number of aromatic carboxylic acids is 1. The largest absolute Gasteiger partial charge is 0.478 e. The number of hydrogen-bond donors (Lipinski definition) is 2. The molecular weight excluding hydrogens is 258 g/mol. The van der Waals surface area contributed by atoms with Gasteiger partial charge in [-0.3, -0.25) is 4.79 Å². The molecule has 1 aliphatic heterocycles. The highest BCUT2D eigenvalue weighted by Crippen LogP contribution is 2.25. The summed E-state index contributed by atoms with van der Waals surface area (Å²) in [6, 6.07) is 6.56. The van der Waals surface area contributed by atoms with Gasteiger partial charge in [-0.25, -0.2) is 4.79 Å². The van der Waals surface area contributed by atoms with Gasteiger partial charge in [0.25, 0.3) is 0 Å². The molecule has 1 aromatic rings. The van der Waals surface area contributed by atoms with Crippen LogP contribution in [0.15, 0.2) is 24.3 Å². The average Bonchev–Trinajstić information content (AvgIpc) is 2.69. The fourth-order valence-electron chi connectivity index (χ4n) is 2.42. The van der Waals surface area contributed by atoms with Crippen LogP contribution in [0.25, 0.3) is 0 Å². The SMILES string of the molecule is CC1OCCC1(C)NC(=O)Cc1ccccc1C(=O)O. The van der Waals surface area contributed by atoms with Gasteiger partial charge >= 0.3 is 5.97 Å². The predicted octanol–water partition coefficient (Wildman–Crippen LogP) is 1.61. The number of nitrogens with one attached hydrogen (secondary N) is 1. The van der Waals surface area contributed by atoms with E-state index in [1.54, 1.807) is 18.2 Å². The molecule has 0 saturated carbocycles.